The first-order valence-corrected chi connectivity index (χ1v) is 26.4. The van der Waals surface area contributed by atoms with E-state index in [9.17, 15) is 0 Å². The highest BCUT2D eigenvalue weighted by atomic mass is 32.1. The molecule has 1 saturated carbocycles. The number of anilines is 4. The van der Waals surface area contributed by atoms with Gasteiger partial charge in [-0.3, -0.25) is 0 Å². The van der Waals surface area contributed by atoms with Gasteiger partial charge in [0.2, 0.25) is 0 Å². The molecular weight excluding hydrogens is 828 g/mol. The Kier molecular flexibility index (Phi) is 8.90. The summed E-state index contributed by atoms with van der Waals surface area (Å²) in [7, 11) is 0. The van der Waals surface area contributed by atoms with Gasteiger partial charge in [-0.15, -0.1) is 11.3 Å². The van der Waals surface area contributed by atoms with Crippen LogP contribution in [0.25, 0.3) is 42.4 Å². The summed E-state index contributed by atoms with van der Waals surface area (Å²) in [6, 6.07) is 35.2. The summed E-state index contributed by atoms with van der Waals surface area (Å²) in [6.07, 6.45) is 7.35. The third kappa shape index (κ3) is 5.81. The third-order valence-electron chi connectivity index (χ3n) is 18.5. The van der Waals surface area contributed by atoms with Crippen molar-refractivity contribution in [3.8, 4) is 22.3 Å². The summed E-state index contributed by atoms with van der Waals surface area (Å²) in [6.45, 7) is 36.5. The van der Waals surface area contributed by atoms with Gasteiger partial charge in [-0.25, -0.2) is 0 Å². The van der Waals surface area contributed by atoms with Crippen molar-refractivity contribution in [1.29, 1.82) is 0 Å². The molecule has 1 fully saturated rings. The Hall–Kier alpha value is -4.80. The molecule has 0 spiro atoms. The van der Waals surface area contributed by atoms with Crippen LogP contribution in [0.15, 0.2) is 84.9 Å². The molecule has 67 heavy (non-hydrogen) atoms. The average molecular weight is 899 g/mol. The van der Waals surface area contributed by atoms with Crippen LogP contribution >= 0.6 is 11.3 Å². The van der Waals surface area contributed by atoms with Crippen molar-refractivity contribution >= 4 is 72.0 Å². The van der Waals surface area contributed by atoms with Gasteiger partial charge in [-0.05, 0) is 184 Å². The molecule has 5 aliphatic rings. The van der Waals surface area contributed by atoms with E-state index in [0.717, 1.165) is 0 Å². The molecule has 0 radical (unpaired) electrons. The van der Waals surface area contributed by atoms with Crippen LogP contribution in [0.5, 0.6) is 0 Å². The lowest BCUT2D eigenvalue weighted by Crippen LogP contribution is -2.64. The van der Waals surface area contributed by atoms with Crippen LogP contribution in [0, 0.1) is 20.8 Å². The zero-order chi connectivity index (χ0) is 47.3. The van der Waals surface area contributed by atoms with Crippen molar-refractivity contribution in [2.75, 3.05) is 9.71 Å². The van der Waals surface area contributed by atoms with Gasteiger partial charge in [-0.2, -0.15) is 0 Å². The minimum Gasteiger partial charge on any atom is -0.376 e. The molecule has 2 unspecified atom stereocenters. The van der Waals surface area contributed by atoms with Crippen molar-refractivity contribution in [2.45, 2.75) is 175 Å². The lowest BCUT2D eigenvalue weighted by atomic mass is 9.43. The first-order valence-electron chi connectivity index (χ1n) is 25.6. The Morgan fingerprint density at radius 3 is 1.90 bits per heavy atom. The van der Waals surface area contributed by atoms with E-state index >= 15 is 0 Å². The molecule has 0 saturated heterocycles. The molecule has 2 nitrogen and oxygen atoms in total. The first kappa shape index (κ1) is 43.5. The van der Waals surface area contributed by atoms with E-state index in [2.05, 4.69) is 198 Å². The zero-order valence-corrected chi connectivity index (χ0v) is 44.0. The largest absolute Gasteiger partial charge is 0.376 e. The SMILES string of the molecule is Cc1cc(C(C)(C)C)ccc1N1B2c3cc(C(C)(C)C)cc4c3N(c3cc(-c5c(C)cccc5C)cc(c32)-c2c1ccc1c2sc2cc3c(cc21)C(C)(C)CCC3(C)C)C1(C)CCCCC41C. The van der Waals surface area contributed by atoms with Crippen molar-refractivity contribution in [2.24, 2.45) is 0 Å². The highest BCUT2D eigenvalue weighted by Gasteiger charge is 2.62. The van der Waals surface area contributed by atoms with Crippen LogP contribution < -0.4 is 20.6 Å². The number of fused-ring (bicyclic) bond motifs is 12. The standard InChI is InChI=1S/C63H71BN2S/c1-36-19-18-20-37(2)53(36)39-30-44-54-50(24-22-42-43-34-45-46(35-52(43)67-57(42)54)61(12,13)28-27-60(45,10)11)66(49-23-21-40(29-38(49)3)58(4,5)6)64-48-33-41(59(7,8)9)32-47-56(48)65(51(31-39)55(44)64)63(15)26-17-16-25-62(47,63)14/h18-24,29-35H,16-17,25-28H2,1-15H3. The molecule has 0 N–H and O–H groups in total. The summed E-state index contributed by atoms with van der Waals surface area (Å²) < 4.78 is 2.84. The van der Waals surface area contributed by atoms with E-state index in [0.29, 0.717) is 0 Å². The fourth-order valence-corrected chi connectivity index (χ4v) is 15.5. The lowest BCUT2D eigenvalue weighted by Gasteiger charge is -2.53. The second-order valence-corrected chi connectivity index (χ2v) is 26.8. The minimum absolute atomic E-state index is 0.00687. The molecule has 1 aromatic heterocycles. The number of rotatable bonds is 2. The molecule has 6 aromatic carbocycles. The fourth-order valence-electron chi connectivity index (χ4n) is 14.2. The molecule has 2 atom stereocenters. The van der Waals surface area contributed by atoms with Crippen molar-refractivity contribution in [3.05, 3.63) is 129 Å². The maximum atomic E-state index is 2.94. The van der Waals surface area contributed by atoms with Crippen molar-refractivity contribution in [3.63, 3.8) is 0 Å². The van der Waals surface area contributed by atoms with Crippen molar-refractivity contribution in [1.82, 2.24) is 0 Å². The van der Waals surface area contributed by atoms with Gasteiger partial charge in [0, 0.05) is 53.9 Å². The molecule has 2 aliphatic carbocycles. The average Bonchev–Trinajstić information content (AvgIpc) is 3.72. The first-order chi connectivity index (χ1) is 31.4. The predicted molar refractivity (Wildman–Crippen MR) is 294 cm³/mol. The molecule has 4 heteroatoms. The quantitative estimate of drug-likeness (QED) is 0.160. The van der Waals surface area contributed by atoms with Gasteiger partial charge in [0.05, 0.1) is 5.54 Å². The van der Waals surface area contributed by atoms with Crippen LogP contribution in [0.1, 0.15) is 166 Å². The monoisotopic (exact) mass is 899 g/mol. The van der Waals surface area contributed by atoms with Gasteiger partial charge in [0.1, 0.15) is 0 Å². The van der Waals surface area contributed by atoms with Gasteiger partial charge < -0.3 is 9.71 Å². The van der Waals surface area contributed by atoms with Gasteiger partial charge in [0.25, 0.3) is 0 Å². The van der Waals surface area contributed by atoms with E-state index in [1.807, 2.05) is 11.3 Å². The molecule has 342 valence electrons. The molecule has 12 rings (SSSR count). The molecule has 0 amide bonds. The van der Waals surface area contributed by atoms with Gasteiger partial charge in [0.15, 0.2) is 0 Å². The van der Waals surface area contributed by atoms with E-state index in [1.54, 1.807) is 16.7 Å². The Morgan fingerprint density at radius 2 is 1.22 bits per heavy atom. The predicted octanol–water partition coefficient (Wildman–Crippen LogP) is 16.6. The number of aryl methyl sites for hydroxylation is 3. The lowest BCUT2D eigenvalue weighted by molar-refractivity contribution is 0.195. The van der Waals surface area contributed by atoms with E-state index in [-0.39, 0.29) is 39.5 Å². The number of nitrogens with zero attached hydrogens (tertiary/aromatic N) is 2. The van der Waals surface area contributed by atoms with E-state index in [1.165, 1.54) is 142 Å². The maximum absolute atomic E-state index is 2.94. The van der Waals surface area contributed by atoms with E-state index in [4.69, 9.17) is 0 Å². The smallest absolute Gasteiger partial charge is 0.333 e. The molecular formula is C63H71BN2S. The van der Waals surface area contributed by atoms with Crippen LogP contribution in [0.2, 0.25) is 0 Å². The summed E-state index contributed by atoms with van der Waals surface area (Å²) >= 11 is 2.05. The fraction of sp³-hybridized carbons (Fsp3) is 0.429. The molecule has 4 heterocycles. The number of thiophene rings is 1. The number of benzene rings is 6. The highest BCUT2D eigenvalue weighted by Crippen LogP contribution is 2.63. The minimum atomic E-state index is -0.0747. The summed E-state index contributed by atoms with van der Waals surface area (Å²) in [5.41, 5.74) is 25.8. The second-order valence-electron chi connectivity index (χ2n) is 25.7. The van der Waals surface area contributed by atoms with Gasteiger partial charge in [-0.1, -0.05) is 138 Å². The highest BCUT2D eigenvalue weighted by molar-refractivity contribution is 7.26. The van der Waals surface area contributed by atoms with E-state index < -0.39 is 0 Å². The third-order valence-corrected chi connectivity index (χ3v) is 19.7. The van der Waals surface area contributed by atoms with Crippen LogP contribution in [-0.4, -0.2) is 12.4 Å². The summed E-state index contributed by atoms with van der Waals surface area (Å²) in [5, 5.41) is 2.81. The van der Waals surface area contributed by atoms with Crippen LogP contribution in [-0.2, 0) is 27.1 Å². The maximum Gasteiger partial charge on any atom is 0.333 e. The Bertz CT molecular complexity index is 3290. The Morgan fingerprint density at radius 1 is 0.567 bits per heavy atom. The topological polar surface area (TPSA) is 6.48 Å². The molecule has 7 aromatic rings. The Labute approximate surface area is 406 Å². The Balaban J connectivity index is 1.27. The van der Waals surface area contributed by atoms with Gasteiger partial charge >= 0.3 is 6.85 Å². The number of hydrogen-bond acceptors (Lipinski definition) is 3. The van der Waals surface area contributed by atoms with Crippen LogP contribution in [0.3, 0.4) is 0 Å². The second kappa shape index (κ2) is 13.7. The normalized spacial score (nSPS) is 22.2. The summed E-state index contributed by atoms with van der Waals surface area (Å²) in [4.78, 5) is 5.77. The molecule has 3 aliphatic heterocycles. The van der Waals surface area contributed by atoms with Crippen LogP contribution in [0.4, 0.5) is 22.7 Å². The molecule has 0 bridgehead atoms. The zero-order valence-electron chi connectivity index (χ0n) is 43.2. The van der Waals surface area contributed by atoms with Crippen molar-refractivity contribution < 1.29 is 0 Å². The number of hydrogen-bond donors (Lipinski definition) is 0. The summed E-state index contributed by atoms with van der Waals surface area (Å²) in [5.74, 6) is 0.